The zero-order valence-electron chi connectivity index (χ0n) is 24.9. The third kappa shape index (κ3) is 6.50. The van der Waals surface area contributed by atoms with Gasteiger partial charge in [-0.1, -0.05) is 12.1 Å². The van der Waals surface area contributed by atoms with Gasteiger partial charge in [0.25, 0.3) is 5.56 Å². The molecule has 2 aliphatic rings. The lowest BCUT2D eigenvalue weighted by molar-refractivity contribution is -0.139. The molecule has 1 aromatic carbocycles. The van der Waals surface area contributed by atoms with E-state index in [9.17, 15) is 29.4 Å². The van der Waals surface area contributed by atoms with Crippen molar-refractivity contribution in [2.45, 2.75) is 50.6 Å². The van der Waals surface area contributed by atoms with Crippen LogP contribution in [0.5, 0.6) is 17.2 Å². The fourth-order valence-electron chi connectivity index (χ4n) is 6.36. The highest BCUT2D eigenvalue weighted by molar-refractivity contribution is 7.98. The van der Waals surface area contributed by atoms with Crippen molar-refractivity contribution in [1.82, 2.24) is 14.8 Å². The van der Waals surface area contributed by atoms with Crippen LogP contribution in [0.3, 0.4) is 0 Å². The largest absolute Gasteiger partial charge is 0.504 e. The maximum absolute atomic E-state index is 13.9. The molecule has 0 radical (unpaired) electrons. The number of fused-ring (bicyclic) bond motifs is 4. The number of hydrogen-bond donors (Lipinski definition) is 3. The van der Waals surface area contributed by atoms with Gasteiger partial charge < -0.3 is 34.2 Å². The number of rotatable bonds is 10. The van der Waals surface area contributed by atoms with E-state index in [1.54, 1.807) is 41.8 Å². The zero-order valence-corrected chi connectivity index (χ0v) is 25.8. The maximum atomic E-state index is 13.9. The molecule has 5 rings (SSSR count). The van der Waals surface area contributed by atoms with Crippen LogP contribution in [-0.4, -0.2) is 69.7 Å². The summed E-state index contributed by atoms with van der Waals surface area (Å²) in [5.74, 6) is -1.17. The second kappa shape index (κ2) is 13.2. The molecular formula is C32H37N3O8S. The van der Waals surface area contributed by atoms with Crippen molar-refractivity contribution < 1.29 is 29.0 Å². The molecule has 2 aromatic heterocycles. The Labute approximate surface area is 258 Å². The number of nitrogens with zero attached hydrogens (tertiary/aromatic N) is 2. The summed E-state index contributed by atoms with van der Waals surface area (Å²) in [6.45, 7) is 3.08. The zero-order chi connectivity index (χ0) is 31.5. The smallest absolute Gasteiger partial charge is 0.250 e. The van der Waals surface area contributed by atoms with E-state index in [1.807, 2.05) is 16.9 Å². The van der Waals surface area contributed by atoms with Gasteiger partial charge in [0.1, 0.15) is 11.8 Å². The average Bonchev–Trinajstić information content (AvgIpc) is 3.00. The van der Waals surface area contributed by atoms with Gasteiger partial charge in [0.05, 0.1) is 13.0 Å². The number of thioether (sulfide) groups is 1. The molecule has 2 bridgehead atoms. The molecule has 1 fully saturated rings. The minimum Gasteiger partial charge on any atom is -0.504 e. The molecule has 0 saturated carbocycles. The number of aryl methyl sites for hydroxylation is 1. The first-order valence-electron chi connectivity index (χ1n) is 14.6. The Hall–Kier alpha value is -4.19. The number of ether oxygens (including phenoxy) is 1. The van der Waals surface area contributed by atoms with Crippen LogP contribution in [0.1, 0.15) is 53.9 Å². The van der Waals surface area contributed by atoms with E-state index in [0.717, 1.165) is 18.2 Å². The number of aromatic hydroxyl groups is 2. The van der Waals surface area contributed by atoms with E-state index in [1.165, 1.54) is 19.2 Å². The third-order valence-corrected chi connectivity index (χ3v) is 9.06. The van der Waals surface area contributed by atoms with Crippen LogP contribution in [0.2, 0.25) is 0 Å². The van der Waals surface area contributed by atoms with Crippen molar-refractivity contribution in [2.24, 2.45) is 5.92 Å². The summed E-state index contributed by atoms with van der Waals surface area (Å²) in [6.07, 6.45) is 2.99. The molecule has 3 aromatic rings. The van der Waals surface area contributed by atoms with E-state index in [0.29, 0.717) is 37.4 Å². The second-order valence-corrected chi connectivity index (χ2v) is 12.5. The van der Waals surface area contributed by atoms with Crippen molar-refractivity contribution in [3.8, 4) is 17.2 Å². The summed E-state index contributed by atoms with van der Waals surface area (Å²) >= 11 is 1.57. The first-order valence-corrected chi connectivity index (χ1v) is 16.0. The molecule has 0 aliphatic carbocycles. The van der Waals surface area contributed by atoms with Gasteiger partial charge in [-0.2, -0.15) is 11.8 Å². The number of aromatic nitrogens is 1. The molecule has 4 heterocycles. The molecule has 44 heavy (non-hydrogen) atoms. The van der Waals surface area contributed by atoms with Gasteiger partial charge in [-0.3, -0.25) is 19.2 Å². The highest BCUT2D eigenvalue weighted by Crippen LogP contribution is 2.38. The lowest BCUT2D eigenvalue weighted by Crippen LogP contribution is -2.55. The van der Waals surface area contributed by atoms with Gasteiger partial charge in [0.2, 0.25) is 23.0 Å². The van der Waals surface area contributed by atoms with E-state index in [4.69, 9.17) is 9.15 Å². The molecule has 2 aliphatic heterocycles. The summed E-state index contributed by atoms with van der Waals surface area (Å²) in [4.78, 5) is 54.3. The van der Waals surface area contributed by atoms with Crippen molar-refractivity contribution in [2.75, 3.05) is 32.2 Å². The van der Waals surface area contributed by atoms with Crippen molar-refractivity contribution in [3.63, 3.8) is 0 Å². The van der Waals surface area contributed by atoms with Crippen molar-refractivity contribution >= 4 is 23.6 Å². The number of carbonyl (C=O) groups excluding carboxylic acids is 2. The molecular weight excluding hydrogens is 586 g/mol. The summed E-state index contributed by atoms with van der Waals surface area (Å²) in [5.41, 5.74) is 0.719. The summed E-state index contributed by atoms with van der Waals surface area (Å²) in [7, 11) is 1.39. The van der Waals surface area contributed by atoms with E-state index >= 15 is 0 Å². The van der Waals surface area contributed by atoms with Crippen LogP contribution in [0.4, 0.5) is 0 Å². The Morgan fingerprint density at radius 3 is 2.68 bits per heavy atom. The third-order valence-electron chi connectivity index (χ3n) is 8.42. The number of benzene rings is 1. The van der Waals surface area contributed by atoms with Crippen LogP contribution in [-0.2, 0) is 16.1 Å². The Morgan fingerprint density at radius 2 is 1.93 bits per heavy atom. The number of pyridine rings is 1. The van der Waals surface area contributed by atoms with Gasteiger partial charge >= 0.3 is 0 Å². The van der Waals surface area contributed by atoms with E-state index in [-0.39, 0.29) is 52.7 Å². The summed E-state index contributed by atoms with van der Waals surface area (Å²) in [5, 5.41) is 23.7. The van der Waals surface area contributed by atoms with Gasteiger partial charge in [0.15, 0.2) is 17.3 Å². The molecule has 234 valence electrons. The van der Waals surface area contributed by atoms with Crippen molar-refractivity contribution in [1.29, 1.82) is 0 Å². The monoisotopic (exact) mass is 623 g/mol. The molecule has 3 N–H and O–H groups in total. The number of carbonyl (C=O) groups is 2. The molecule has 4 atom stereocenters. The normalized spacial score (nSPS) is 18.7. The highest BCUT2D eigenvalue weighted by Gasteiger charge is 2.38. The number of amides is 2. The summed E-state index contributed by atoms with van der Waals surface area (Å²) < 4.78 is 12.8. The Bertz CT molecular complexity index is 1670. The minimum atomic E-state index is -0.919. The average molecular weight is 624 g/mol. The Kier molecular flexibility index (Phi) is 9.38. The molecule has 12 heteroatoms. The number of likely N-dealkylation sites (tertiary alicyclic amines) is 1. The predicted octanol–water partition coefficient (Wildman–Crippen LogP) is 2.94. The molecule has 11 nitrogen and oxygen atoms in total. The Balaban J connectivity index is 1.39. The predicted molar refractivity (Wildman–Crippen MR) is 166 cm³/mol. The summed E-state index contributed by atoms with van der Waals surface area (Å²) in [6, 6.07) is 10.1. The number of piperidine rings is 1. The number of phenolic OH excluding ortho intramolecular Hbond substituents is 1. The van der Waals surface area contributed by atoms with Crippen molar-refractivity contribution in [3.05, 3.63) is 85.8 Å². The molecule has 0 spiro atoms. The SMILES string of the molecule is COc1cc(C(CC(=O)N[C@@H](CCSC)C(=O)N2C[C@H]3C[C@@H](C2)c2cccc(=O)n2C3)c2oc(C)cc(=O)c2O)ccc1O. The number of methoxy groups -OCH3 is 1. The Morgan fingerprint density at radius 1 is 1.14 bits per heavy atom. The first kappa shape index (κ1) is 31.2. The number of nitrogens with one attached hydrogen (secondary N) is 1. The van der Waals surface area contributed by atoms with Gasteiger partial charge in [-0.25, -0.2) is 0 Å². The quantitative estimate of drug-likeness (QED) is 0.310. The van der Waals surface area contributed by atoms with Crippen LogP contribution in [0, 0.1) is 12.8 Å². The number of phenols is 1. The maximum Gasteiger partial charge on any atom is 0.250 e. The fourth-order valence-corrected chi connectivity index (χ4v) is 6.83. The minimum absolute atomic E-state index is 0.0293. The standard InChI is InChI=1S/C32H37N3O8S/c1-18-11-26(37)30(40)31(43-18)22(20-7-8-25(36)27(13-20)42-2)14-28(38)33-23(9-10-44-3)32(41)34-15-19-12-21(17-34)24-5-4-6-29(39)35(24)16-19/h4-8,11,13,19,21-23,36,40H,9-10,12,14-17H2,1-3H3,(H,33,38)/t19-,21+,22?,23+/m1/s1. The lowest BCUT2D eigenvalue weighted by Gasteiger charge is -2.43. The molecule has 2 amide bonds. The molecule has 1 saturated heterocycles. The van der Waals surface area contributed by atoms with Crippen LogP contribution in [0.25, 0.3) is 0 Å². The van der Waals surface area contributed by atoms with Gasteiger partial charge in [0, 0.05) is 49.8 Å². The van der Waals surface area contributed by atoms with E-state index in [2.05, 4.69) is 5.32 Å². The number of hydrogen-bond acceptors (Lipinski definition) is 9. The van der Waals surface area contributed by atoms with E-state index < -0.39 is 29.0 Å². The topological polar surface area (TPSA) is 151 Å². The first-order chi connectivity index (χ1) is 21.1. The highest BCUT2D eigenvalue weighted by atomic mass is 32.2. The van der Waals surface area contributed by atoms with Crippen LogP contribution in [0.15, 0.2) is 56.5 Å². The molecule has 1 unspecified atom stereocenters. The van der Waals surface area contributed by atoms with Crippen LogP contribution < -0.4 is 21.0 Å². The van der Waals surface area contributed by atoms with Gasteiger partial charge in [-0.15, -0.1) is 0 Å². The lowest BCUT2D eigenvalue weighted by atomic mass is 9.83. The van der Waals surface area contributed by atoms with Gasteiger partial charge in [-0.05, 0) is 61.5 Å². The fraction of sp³-hybridized carbons (Fsp3) is 0.438. The second-order valence-electron chi connectivity index (χ2n) is 11.5. The van der Waals surface area contributed by atoms with Crippen LogP contribution >= 0.6 is 11.8 Å².